The Morgan fingerprint density at radius 2 is 1.07 bits per heavy atom. The third-order valence-corrected chi connectivity index (χ3v) is 4.54. The monoisotopic (exact) mass is 386 g/mol. The first-order valence-electron chi connectivity index (χ1n) is 10.2. The molecule has 0 aromatic heterocycles. The molecule has 29 heavy (non-hydrogen) atoms. The maximum Gasteiger partial charge on any atom is 0.449 e. The van der Waals surface area contributed by atoms with E-state index in [2.05, 4.69) is 35.6 Å². The van der Waals surface area contributed by atoms with Gasteiger partial charge in [-0.3, -0.25) is 0 Å². The van der Waals surface area contributed by atoms with E-state index in [1.165, 1.54) is 0 Å². The van der Waals surface area contributed by atoms with Gasteiger partial charge in [0.1, 0.15) is 0 Å². The Morgan fingerprint density at radius 3 is 1.45 bits per heavy atom. The first kappa shape index (κ1) is 21.0. The van der Waals surface area contributed by atoms with E-state index in [-0.39, 0.29) is 14.1 Å². The van der Waals surface area contributed by atoms with Crippen molar-refractivity contribution in [1.29, 1.82) is 0 Å². The number of benzene rings is 3. The largest absolute Gasteiger partial charge is 0.449 e. The van der Waals surface area contributed by atoms with E-state index in [1.54, 1.807) is 0 Å². The van der Waals surface area contributed by atoms with E-state index in [1.807, 2.05) is 74.5 Å². The van der Waals surface area contributed by atoms with Gasteiger partial charge >= 0.3 is 14.1 Å². The van der Waals surface area contributed by atoms with Crippen LogP contribution in [0.15, 0.2) is 78.9 Å². The molecule has 0 fully saturated rings. The maximum absolute atomic E-state index is 6.03. The van der Waals surface area contributed by atoms with Crippen molar-refractivity contribution in [2.45, 2.75) is 20.8 Å². The molecule has 4 nitrogen and oxygen atoms in total. The van der Waals surface area contributed by atoms with Gasteiger partial charge in [-0.05, 0) is 56.0 Å². The molecule has 0 radical (unpaired) electrons. The summed E-state index contributed by atoms with van der Waals surface area (Å²) in [7, 11) is -0.472. The van der Waals surface area contributed by atoms with Crippen molar-refractivity contribution in [3.8, 4) is 0 Å². The summed E-state index contributed by atoms with van der Waals surface area (Å²) < 4.78 is 12.1. The van der Waals surface area contributed by atoms with Crippen LogP contribution < -0.4 is 21.4 Å². The van der Waals surface area contributed by atoms with Crippen LogP contribution in [0.4, 0.5) is 11.4 Å². The van der Waals surface area contributed by atoms with Gasteiger partial charge in [-0.15, -0.1) is 0 Å². The molecule has 0 saturated carbocycles. The van der Waals surface area contributed by atoms with Crippen molar-refractivity contribution in [2.24, 2.45) is 0 Å². The molecule has 0 aliphatic heterocycles. The average Bonchev–Trinajstić information content (AvgIpc) is 2.74. The smallest absolute Gasteiger partial charge is 0.413 e. The minimum absolute atomic E-state index is 0.236. The fraction of sp³-hybridized carbons (Fsp3) is 0.217. The predicted molar refractivity (Wildman–Crippen MR) is 125 cm³/mol. The zero-order valence-corrected chi connectivity index (χ0v) is 17.4. The summed E-state index contributed by atoms with van der Waals surface area (Å²) >= 11 is 0. The maximum atomic E-state index is 6.03. The van der Waals surface area contributed by atoms with Gasteiger partial charge < -0.3 is 19.8 Å². The highest BCUT2D eigenvalue weighted by Crippen LogP contribution is 2.09. The number of rotatable bonds is 10. The van der Waals surface area contributed by atoms with E-state index >= 15 is 0 Å². The van der Waals surface area contributed by atoms with E-state index in [4.69, 9.17) is 9.31 Å². The lowest BCUT2D eigenvalue weighted by molar-refractivity contribution is 0.354. The molecule has 0 aliphatic rings. The Kier molecular flexibility index (Phi) is 7.79. The summed E-state index contributed by atoms with van der Waals surface area (Å²) in [6.07, 6.45) is 0. The summed E-state index contributed by atoms with van der Waals surface area (Å²) in [6, 6.07) is 26.7. The molecule has 3 aromatic carbocycles. The minimum Gasteiger partial charge on any atom is -0.413 e. The van der Waals surface area contributed by atoms with Gasteiger partial charge in [-0.1, -0.05) is 60.2 Å². The van der Waals surface area contributed by atoms with Crippen LogP contribution in [-0.4, -0.2) is 27.3 Å². The number of nitrogens with one attached hydrogen (secondary N) is 2. The molecular formula is C23H28B2N2O2. The van der Waals surface area contributed by atoms with Crippen molar-refractivity contribution in [3.63, 3.8) is 0 Å². The Morgan fingerprint density at radius 1 is 0.655 bits per heavy atom. The Hall–Kier alpha value is -2.69. The van der Waals surface area contributed by atoms with E-state index < -0.39 is 0 Å². The van der Waals surface area contributed by atoms with E-state index in [9.17, 15) is 0 Å². The molecule has 3 aromatic rings. The van der Waals surface area contributed by atoms with E-state index in [0.717, 1.165) is 27.9 Å². The lowest BCUT2D eigenvalue weighted by Gasteiger charge is -2.20. The zero-order valence-electron chi connectivity index (χ0n) is 17.4. The van der Waals surface area contributed by atoms with Gasteiger partial charge in [-0.25, -0.2) is 0 Å². The minimum atomic E-state index is -0.236. The van der Waals surface area contributed by atoms with Crippen LogP contribution in [0.3, 0.4) is 0 Å². The molecule has 0 aliphatic carbocycles. The van der Waals surface area contributed by atoms with Crippen molar-refractivity contribution in [2.75, 3.05) is 23.7 Å². The Bertz CT molecular complexity index is 809. The van der Waals surface area contributed by atoms with Gasteiger partial charge in [0.25, 0.3) is 0 Å². The van der Waals surface area contributed by atoms with Crippen LogP contribution in [0.1, 0.15) is 19.4 Å². The quantitative estimate of drug-likeness (QED) is 0.522. The number of hydrogen-bond donors (Lipinski definition) is 2. The van der Waals surface area contributed by atoms with Crippen LogP contribution in [0.2, 0.25) is 0 Å². The first-order chi connectivity index (χ1) is 14.2. The summed E-state index contributed by atoms with van der Waals surface area (Å²) in [6.45, 7) is 7.35. The lowest BCUT2D eigenvalue weighted by Crippen LogP contribution is -2.47. The van der Waals surface area contributed by atoms with Crippen molar-refractivity contribution >= 4 is 36.4 Å². The second kappa shape index (κ2) is 10.7. The molecule has 0 heterocycles. The number of aryl methyl sites for hydroxylation is 1. The Labute approximate surface area is 174 Å². The molecular weight excluding hydrogens is 358 g/mol. The van der Waals surface area contributed by atoms with Crippen molar-refractivity contribution in [3.05, 3.63) is 84.4 Å². The van der Waals surface area contributed by atoms with Crippen molar-refractivity contribution in [1.82, 2.24) is 0 Å². The van der Waals surface area contributed by atoms with Gasteiger partial charge in [0.05, 0.1) is 0 Å². The number of para-hydroxylation sites is 2. The molecule has 6 heteroatoms. The van der Waals surface area contributed by atoms with Crippen LogP contribution in [0, 0.1) is 6.92 Å². The molecule has 0 unspecified atom stereocenters. The average molecular weight is 386 g/mol. The summed E-state index contributed by atoms with van der Waals surface area (Å²) in [5, 5.41) is 6.98. The van der Waals surface area contributed by atoms with Crippen LogP contribution in [-0.2, 0) is 9.31 Å². The third kappa shape index (κ3) is 6.14. The predicted octanol–water partition coefficient (Wildman–Crippen LogP) is 3.68. The molecule has 3 rings (SSSR count). The lowest BCUT2D eigenvalue weighted by atomic mass is 9.66. The highest BCUT2D eigenvalue weighted by atomic mass is 16.4. The van der Waals surface area contributed by atoms with Gasteiger partial charge in [0.15, 0.2) is 0 Å². The second-order valence-corrected chi connectivity index (χ2v) is 6.87. The van der Waals surface area contributed by atoms with Crippen molar-refractivity contribution < 1.29 is 9.31 Å². The van der Waals surface area contributed by atoms with E-state index in [0.29, 0.717) is 13.2 Å². The van der Waals surface area contributed by atoms with Crippen LogP contribution in [0.5, 0.6) is 0 Å². The molecule has 0 spiro atoms. The van der Waals surface area contributed by atoms with Crippen LogP contribution in [0.25, 0.3) is 0 Å². The standard InChI is InChI=1S/C23H28B2N2O2/c1-4-28-24(26-22-12-8-6-9-13-22)20-16-19(3)17-21(18-20)25(29-5-2)27-23-14-10-7-11-15-23/h6-18,26-27H,4-5H2,1-3H3. The topological polar surface area (TPSA) is 42.5 Å². The van der Waals surface area contributed by atoms with Gasteiger partial charge in [-0.2, -0.15) is 0 Å². The first-order valence-corrected chi connectivity index (χ1v) is 10.2. The molecule has 0 amide bonds. The number of hydrogen-bond acceptors (Lipinski definition) is 4. The third-order valence-electron chi connectivity index (χ3n) is 4.54. The highest BCUT2D eigenvalue weighted by molar-refractivity contribution is 6.74. The molecule has 148 valence electrons. The SMILES string of the molecule is CCOB(Nc1ccccc1)c1cc(C)cc(B(Nc2ccccc2)OCC)c1. The molecule has 0 saturated heterocycles. The number of anilines is 2. The molecule has 0 atom stereocenters. The fourth-order valence-electron chi connectivity index (χ4n) is 3.29. The normalized spacial score (nSPS) is 10.4. The van der Waals surface area contributed by atoms with Gasteiger partial charge in [0, 0.05) is 24.6 Å². The summed E-state index contributed by atoms with van der Waals surface area (Å²) in [5.41, 5.74) is 5.36. The Balaban J connectivity index is 1.89. The summed E-state index contributed by atoms with van der Waals surface area (Å²) in [5.74, 6) is 0. The fourth-order valence-corrected chi connectivity index (χ4v) is 3.29. The zero-order chi connectivity index (χ0) is 20.5. The van der Waals surface area contributed by atoms with Crippen LogP contribution >= 0.6 is 0 Å². The van der Waals surface area contributed by atoms with Gasteiger partial charge in [0.2, 0.25) is 0 Å². The molecule has 0 bridgehead atoms. The summed E-state index contributed by atoms with van der Waals surface area (Å²) in [4.78, 5) is 0. The second-order valence-electron chi connectivity index (χ2n) is 6.87. The molecule has 2 N–H and O–H groups in total. The highest BCUT2D eigenvalue weighted by Gasteiger charge is 2.25.